The first kappa shape index (κ1) is 9.71. The van der Waals surface area contributed by atoms with Gasteiger partial charge in [-0.15, -0.1) is 0 Å². The molecule has 0 fully saturated rings. The molecule has 0 amide bonds. The van der Waals surface area contributed by atoms with Crippen LogP contribution in [0.2, 0.25) is 0 Å². The molecule has 1 N–H and O–H groups in total. The van der Waals surface area contributed by atoms with Crippen molar-refractivity contribution < 1.29 is 0 Å². The van der Waals surface area contributed by atoms with Crippen LogP contribution in [0.3, 0.4) is 0 Å². The summed E-state index contributed by atoms with van der Waals surface area (Å²) >= 11 is 0. The van der Waals surface area contributed by atoms with Gasteiger partial charge in [0.25, 0.3) is 0 Å². The van der Waals surface area contributed by atoms with Gasteiger partial charge in [-0.2, -0.15) is 20.5 Å². The number of rotatable bonds is 2. The zero-order valence-corrected chi connectivity index (χ0v) is 9.20. The van der Waals surface area contributed by atoms with Crippen molar-refractivity contribution in [3.05, 3.63) is 36.8 Å². The van der Waals surface area contributed by atoms with Crippen LogP contribution >= 0.6 is 0 Å². The lowest BCUT2D eigenvalue weighted by Gasteiger charge is -1.99. The molecule has 0 aromatic carbocycles. The molecule has 0 atom stereocenters. The number of aromatic nitrogens is 6. The van der Waals surface area contributed by atoms with Gasteiger partial charge in [0, 0.05) is 25.0 Å². The fourth-order valence-corrected chi connectivity index (χ4v) is 1.62. The van der Waals surface area contributed by atoms with E-state index < -0.39 is 0 Å². The number of aryl methyl sites for hydroxylation is 1. The minimum Gasteiger partial charge on any atom is -0.275 e. The number of nitrogens with zero attached hydrogens (tertiary/aromatic N) is 5. The highest BCUT2D eigenvalue weighted by atomic mass is 15.3. The van der Waals surface area contributed by atoms with Gasteiger partial charge in [-0.1, -0.05) is 0 Å². The molecule has 84 valence electrons. The molecule has 6 nitrogen and oxygen atoms in total. The lowest BCUT2D eigenvalue weighted by atomic mass is 10.1. The third-order valence-corrected chi connectivity index (χ3v) is 2.45. The van der Waals surface area contributed by atoms with Gasteiger partial charge < -0.3 is 0 Å². The normalized spacial score (nSPS) is 10.6. The van der Waals surface area contributed by atoms with Gasteiger partial charge in [0.1, 0.15) is 11.4 Å². The predicted molar refractivity (Wildman–Crippen MR) is 61.8 cm³/mol. The van der Waals surface area contributed by atoms with E-state index in [9.17, 15) is 0 Å². The van der Waals surface area contributed by atoms with Gasteiger partial charge in [-0.05, 0) is 18.2 Å². The summed E-state index contributed by atoms with van der Waals surface area (Å²) in [5.74, 6) is 0. The molecule has 0 aliphatic rings. The predicted octanol–water partition coefficient (Wildman–Crippen LogP) is 1.27. The zero-order chi connectivity index (χ0) is 11.7. The second-order valence-corrected chi connectivity index (χ2v) is 3.66. The van der Waals surface area contributed by atoms with Gasteiger partial charge in [0.05, 0.1) is 11.9 Å². The first-order valence-electron chi connectivity index (χ1n) is 5.15. The number of aromatic amines is 1. The van der Waals surface area contributed by atoms with Crippen molar-refractivity contribution in [1.82, 2.24) is 30.2 Å². The van der Waals surface area contributed by atoms with Crippen LogP contribution < -0.4 is 0 Å². The maximum Gasteiger partial charge on any atom is 0.112 e. The Balaban J connectivity index is 2.05. The largest absolute Gasteiger partial charge is 0.275 e. The van der Waals surface area contributed by atoms with Crippen molar-refractivity contribution in [3.63, 3.8) is 0 Å². The summed E-state index contributed by atoms with van der Waals surface area (Å²) in [6.07, 6.45) is 5.31. The average Bonchev–Trinajstić information content (AvgIpc) is 3.00. The zero-order valence-electron chi connectivity index (χ0n) is 9.20. The summed E-state index contributed by atoms with van der Waals surface area (Å²) in [6.45, 7) is 0. The van der Waals surface area contributed by atoms with Crippen molar-refractivity contribution in [1.29, 1.82) is 0 Å². The van der Waals surface area contributed by atoms with Crippen LogP contribution in [0.5, 0.6) is 0 Å². The summed E-state index contributed by atoms with van der Waals surface area (Å²) in [4.78, 5) is 4.30. The van der Waals surface area contributed by atoms with E-state index in [-0.39, 0.29) is 0 Å². The van der Waals surface area contributed by atoms with Crippen LogP contribution in [0.4, 0.5) is 0 Å². The van der Waals surface area contributed by atoms with Crippen LogP contribution in [-0.4, -0.2) is 30.2 Å². The van der Waals surface area contributed by atoms with Crippen molar-refractivity contribution in [2.45, 2.75) is 0 Å². The van der Waals surface area contributed by atoms with Gasteiger partial charge in [-0.3, -0.25) is 9.67 Å². The van der Waals surface area contributed by atoms with Gasteiger partial charge >= 0.3 is 0 Å². The van der Waals surface area contributed by atoms with Gasteiger partial charge in [-0.25, -0.2) is 0 Å². The monoisotopic (exact) mass is 226 g/mol. The Kier molecular flexibility index (Phi) is 2.18. The molecule has 0 aliphatic carbocycles. The average molecular weight is 226 g/mol. The van der Waals surface area contributed by atoms with Crippen molar-refractivity contribution in [2.75, 3.05) is 0 Å². The third-order valence-electron chi connectivity index (χ3n) is 2.45. The van der Waals surface area contributed by atoms with E-state index >= 15 is 0 Å². The second-order valence-electron chi connectivity index (χ2n) is 3.66. The molecule has 0 bridgehead atoms. The molecule has 3 aromatic heterocycles. The van der Waals surface area contributed by atoms with E-state index in [1.54, 1.807) is 17.1 Å². The standard InChI is InChI=1S/C11H10N6/c1-17-5-3-9(15-17)10-6-8(2-4-12-10)11-7-13-16-14-11/h2-7H,1H3,(H,13,14,16). The van der Waals surface area contributed by atoms with E-state index in [2.05, 4.69) is 25.5 Å². The Morgan fingerprint density at radius 1 is 1.18 bits per heavy atom. The van der Waals surface area contributed by atoms with E-state index in [0.29, 0.717) is 0 Å². The summed E-state index contributed by atoms with van der Waals surface area (Å²) < 4.78 is 1.75. The Bertz CT molecular complexity index is 625. The SMILES string of the molecule is Cn1ccc(-c2cc(-c3cn[nH]n3)ccn2)n1. The Morgan fingerprint density at radius 3 is 2.82 bits per heavy atom. The number of hydrogen-bond donors (Lipinski definition) is 1. The molecule has 3 rings (SSSR count). The second kappa shape index (κ2) is 3.82. The van der Waals surface area contributed by atoms with E-state index in [4.69, 9.17) is 0 Å². The maximum atomic E-state index is 4.31. The Labute approximate surface area is 97.3 Å². The van der Waals surface area contributed by atoms with Crippen LogP contribution in [0.15, 0.2) is 36.8 Å². The van der Waals surface area contributed by atoms with Crippen molar-refractivity contribution in [3.8, 4) is 22.6 Å². The van der Waals surface area contributed by atoms with Crippen LogP contribution in [-0.2, 0) is 7.05 Å². The molecule has 3 heterocycles. The topological polar surface area (TPSA) is 72.3 Å². The van der Waals surface area contributed by atoms with Crippen molar-refractivity contribution >= 4 is 0 Å². The maximum absolute atomic E-state index is 4.31. The molecule has 0 spiro atoms. The molecule has 6 heteroatoms. The van der Waals surface area contributed by atoms with Crippen LogP contribution in [0, 0.1) is 0 Å². The molecule has 0 aliphatic heterocycles. The highest BCUT2D eigenvalue weighted by Gasteiger charge is 2.06. The van der Waals surface area contributed by atoms with Crippen LogP contribution in [0.1, 0.15) is 0 Å². The van der Waals surface area contributed by atoms with Gasteiger partial charge in [0.15, 0.2) is 0 Å². The molecular weight excluding hydrogens is 216 g/mol. The quantitative estimate of drug-likeness (QED) is 0.714. The first-order valence-corrected chi connectivity index (χ1v) is 5.15. The third kappa shape index (κ3) is 1.80. The summed E-state index contributed by atoms with van der Waals surface area (Å²) in [5, 5.41) is 14.7. The summed E-state index contributed by atoms with van der Waals surface area (Å²) in [7, 11) is 1.88. The van der Waals surface area contributed by atoms with E-state index in [0.717, 1.165) is 22.6 Å². The minimum atomic E-state index is 0.796. The minimum absolute atomic E-state index is 0.796. The van der Waals surface area contributed by atoms with Crippen molar-refractivity contribution in [2.24, 2.45) is 7.05 Å². The Morgan fingerprint density at radius 2 is 2.12 bits per heavy atom. The first-order chi connectivity index (χ1) is 8.33. The molecular formula is C11H10N6. The lowest BCUT2D eigenvalue weighted by Crippen LogP contribution is -1.90. The smallest absolute Gasteiger partial charge is 0.112 e. The number of hydrogen-bond acceptors (Lipinski definition) is 4. The Hall–Kier alpha value is -2.50. The number of nitrogens with one attached hydrogen (secondary N) is 1. The number of H-pyrrole nitrogens is 1. The summed E-state index contributed by atoms with van der Waals surface area (Å²) in [5.41, 5.74) is 3.43. The van der Waals surface area contributed by atoms with E-state index in [1.165, 1.54) is 0 Å². The molecule has 0 radical (unpaired) electrons. The molecule has 0 saturated carbocycles. The summed E-state index contributed by atoms with van der Waals surface area (Å²) in [6, 6.07) is 5.76. The molecule has 3 aromatic rings. The van der Waals surface area contributed by atoms with Gasteiger partial charge in [0.2, 0.25) is 0 Å². The molecule has 17 heavy (non-hydrogen) atoms. The molecule has 0 unspecified atom stereocenters. The lowest BCUT2D eigenvalue weighted by molar-refractivity contribution is 0.770. The highest BCUT2D eigenvalue weighted by molar-refractivity contribution is 5.65. The fourth-order valence-electron chi connectivity index (χ4n) is 1.62. The van der Waals surface area contributed by atoms with Crippen LogP contribution in [0.25, 0.3) is 22.6 Å². The highest BCUT2D eigenvalue weighted by Crippen LogP contribution is 2.20. The fraction of sp³-hybridized carbons (Fsp3) is 0.0909. The van der Waals surface area contributed by atoms with E-state index in [1.807, 2.05) is 31.4 Å². The number of pyridine rings is 1. The molecule has 0 saturated heterocycles.